The van der Waals surface area contributed by atoms with Crippen molar-refractivity contribution in [3.05, 3.63) is 60.7 Å². The molecular formula is C19H20N2O3S2. The monoisotopic (exact) mass is 388 g/mol. The van der Waals surface area contributed by atoms with Gasteiger partial charge >= 0.3 is 0 Å². The molecule has 1 fully saturated rings. The quantitative estimate of drug-likeness (QED) is 0.737. The zero-order valence-corrected chi connectivity index (χ0v) is 15.8. The summed E-state index contributed by atoms with van der Waals surface area (Å²) >= 11 is 1.62. The number of ether oxygens (including phenoxy) is 1. The number of para-hydroxylation sites is 2. The second kappa shape index (κ2) is 7.32. The number of hydrogen-bond acceptors (Lipinski definition) is 6. The molecule has 2 aromatic rings. The molecule has 0 aliphatic carbocycles. The first-order valence-corrected chi connectivity index (χ1v) is 11.4. The third-order valence-electron chi connectivity index (χ3n) is 4.47. The zero-order chi connectivity index (χ0) is 18.0. The Bertz CT molecular complexity index is 886. The number of amidine groups is 1. The average molecular weight is 389 g/mol. The molecule has 2 heterocycles. The van der Waals surface area contributed by atoms with E-state index in [4.69, 9.17) is 9.73 Å². The van der Waals surface area contributed by atoms with E-state index in [1.807, 2.05) is 60.7 Å². The van der Waals surface area contributed by atoms with Crippen LogP contribution < -0.4 is 9.64 Å². The van der Waals surface area contributed by atoms with Gasteiger partial charge in [0.15, 0.2) is 15.0 Å². The molecule has 0 aromatic heterocycles. The maximum Gasteiger partial charge on any atom is 0.164 e. The van der Waals surface area contributed by atoms with Crippen molar-refractivity contribution in [2.24, 2.45) is 4.99 Å². The predicted octanol–water partition coefficient (Wildman–Crippen LogP) is 2.84. The number of aliphatic imine (C=N–C) groups is 1. The Labute approximate surface area is 158 Å². The van der Waals surface area contributed by atoms with Gasteiger partial charge in [-0.2, -0.15) is 0 Å². The first-order valence-electron chi connectivity index (χ1n) is 8.55. The van der Waals surface area contributed by atoms with Crippen molar-refractivity contribution in [1.29, 1.82) is 0 Å². The van der Waals surface area contributed by atoms with Gasteiger partial charge in [0.25, 0.3) is 0 Å². The van der Waals surface area contributed by atoms with Crippen LogP contribution in [0, 0.1) is 0 Å². The highest BCUT2D eigenvalue weighted by atomic mass is 32.2. The number of sulfone groups is 1. The van der Waals surface area contributed by atoms with Crippen molar-refractivity contribution in [3.8, 4) is 5.75 Å². The summed E-state index contributed by atoms with van der Waals surface area (Å²) in [6, 6.07) is 19.3. The number of thioether (sulfide) groups is 1. The minimum Gasteiger partial charge on any atom is -0.493 e. The molecule has 136 valence electrons. The Morgan fingerprint density at radius 2 is 1.73 bits per heavy atom. The molecule has 2 aromatic carbocycles. The summed E-state index contributed by atoms with van der Waals surface area (Å²) in [6.45, 7) is 0.573. The van der Waals surface area contributed by atoms with E-state index in [9.17, 15) is 8.42 Å². The number of fused-ring (bicyclic) bond motifs is 1. The summed E-state index contributed by atoms with van der Waals surface area (Å²) in [4.78, 5) is 6.80. The molecule has 0 amide bonds. The SMILES string of the molecule is O=S1(=O)C[C@@H]2N=C(SCCOc3ccccc3)N(c3ccccc3)[C@H]2C1. The molecule has 1 saturated heterocycles. The Morgan fingerprint density at radius 3 is 2.46 bits per heavy atom. The lowest BCUT2D eigenvalue weighted by molar-refractivity contribution is 0.344. The standard InChI is InChI=1S/C19H20N2O3S2/c22-26(23)13-17-18(14-26)21(15-7-3-1-4-8-15)19(20-17)25-12-11-24-16-9-5-2-6-10-16/h1-10,17-18H,11-14H2/t17-,18-/m0/s1. The van der Waals surface area contributed by atoms with Crippen LogP contribution in [0.4, 0.5) is 5.69 Å². The lowest BCUT2D eigenvalue weighted by atomic mass is 10.1. The lowest BCUT2D eigenvalue weighted by Gasteiger charge is -2.26. The summed E-state index contributed by atoms with van der Waals surface area (Å²) in [7, 11) is -3.01. The molecular weight excluding hydrogens is 368 g/mol. The summed E-state index contributed by atoms with van der Waals surface area (Å²) in [6.07, 6.45) is 0. The van der Waals surface area contributed by atoms with Crippen LogP contribution in [0.15, 0.2) is 65.7 Å². The highest BCUT2D eigenvalue weighted by Gasteiger charge is 2.47. The Balaban J connectivity index is 1.45. The second-order valence-corrected chi connectivity index (χ2v) is 9.55. The van der Waals surface area contributed by atoms with Gasteiger partial charge in [0.2, 0.25) is 0 Å². The summed E-state index contributed by atoms with van der Waals surface area (Å²) in [5, 5.41) is 0.887. The van der Waals surface area contributed by atoms with Gasteiger partial charge in [-0.15, -0.1) is 0 Å². The molecule has 0 spiro atoms. The van der Waals surface area contributed by atoms with Crippen molar-refractivity contribution >= 4 is 32.5 Å². The summed E-state index contributed by atoms with van der Waals surface area (Å²) in [5.74, 6) is 1.92. The van der Waals surface area contributed by atoms with Crippen molar-refractivity contribution in [2.45, 2.75) is 12.1 Å². The van der Waals surface area contributed by atoms with Gasteiger partial charge in [-0.1, -0.05) is 48.2 Å². The third kappa shape index (κ3) is 3.73. The Morgan fingerprint density at radius 1 is 1.04 bits per heavy atom. The van der Waals surface area contributed by atoms with Gasteiger partial charge in [0.05, 0.1) is 30.2 Å². The average Bonchev–Trinajstić information content (AvgIpc) is 3.11. The van der Waals surface area contributed by atoms with Gasteiger partial charge in [0.1, 0.15) is 5.75 Å². The van der Waals surface area contributed by atoms with Crippen molar-refractivity contribution < 1.29 is 13.2 Å². The minimum absolute atomic E-state index is 0.0973. The van der Waals surface area contributed by atoms with E-state index in [1.54, 1.807) is 11.8 Å². The molecule has 0 unspecified atom stereocenters. The van der Waals surface area contributed by atoms with Gasteiger partial charge in [-0.05, 0) is 24.3 Å². The van der Waals surface area contributed by atoms with Crippen LogP contribution in [-0.2, 0) is 9.84 Å². The largest absolute Gasteiger partial charge is 0.493 e. The van der Waals surface area contributed by atoms with E-state index in [1.165, 1.54) is 0 Å². The normalized spacial score (nSPS) is 23.5. The number of benzene rings is 2. The van der Waals surface area contributed by atoms with E-state index in [2.05, 4.69) is 4.90 Å². The molecule has 0 saturated carbocycles. The first-order chi connectivity index (χ1) is 12.6. The number of anilines is 1. The molecule has 26 heavy (non-hydrogen) atoms. The molecule has 7 heteroatoms. The van der Waals surface area contributed by atoms with Crippen molar-refractivity contribution in [2.75, 3.05) is 28.8 Å². The van der Waals surface area contributed by atoms with Crippen LogP contribution in [-0.4, -0.2) is 49.5 Å². The fourth-order valence-electron chi connectivity index (χ4n) is 3.33. The third-order valence-corrected chi connectivity index (χ3v) is 7.10. The number of nitrogens with zero attached hydrogens (tertiary/aromatic N) is 2. The van der Waals surface area contributed by atoms with Gasteiger partial charge in [-0.3, -0.25) is 4.99 Å². The molecule has 2 aliphatic heterocycles. The molecule has 2 atom stereocenters. The smallest absolute Gasteiger partial charge is 0.164 e. The highest BCUT2D eigenvalue weighted by molar-refractivity contribution is 8.14. The van der Waals surface area contributed by atoms with Gasteiger partial charge in [-0.25, -0.2) is 8.42 Å². The van der Waals surface area contributed by atoms with Gasteiger partial charge < -0.3 is 9.64 Å². The minimum atomic E-state index is -3.01. The molecule has 5 nitrogen and oxygen atoms in total. The molecule has 0 N–H and O–H groups in total. The van der Waals surface area contributed by atoms with Crippen LogP contribution >= 0.6 is 11.8 Å². The molecule has 2 aliphatic rings. The number of rotatable bonds is 5. The van der Waals surface area contributed by atoms with Crippen LogP contribution in [0.1, 0.15) is 0 Å². The van der Waals surface area contributed by atoms with E-state index in [-0.39, 0.29) is 23.6 Å². The zero-order valence-electron chi connectivity index (χ0n) is 14.2. The van der Waals surface area contributed by atoms with Crippen LogP contribution in [0.25, 0.3) is 0 Å². The topological polar surface area (TPSA) is 59.0 Å². The molecule has 0 radical (unpaired) electrons. The summed E-state index contributed by atoms with van der Waals surface area (Å²) < 4.78 is 29.8. The maximum absolute atomic E-state index is 12.0. The first kappa shape index (κ1) is 17.4. The Kier molecular flexibility index (Phi) is 4.91. The van der Waals surface area contributed by atoms with Crippen molar-refractivity contribution in [3.63, 3.8) is 0 Å². The van der Waals surface area contributed by atoms with Crippen LogP contribution in [0.3, 0.4) is 0 Å². The van der Waals surface area contributed by atoms with Gasteiger partial charge in [0, 0.05) is 11.4 Å². The lowest BCUT2D eigenvalue weighted by Crippen LogP contribution is -2.39. The van der Waals surface area contributed by atoms with E-state index >= 15 is 0 Å². The van der Waals surface area contributed by atoms with Crippen molar-refractivity contribution in [1.82, 2.24) is 0 Å². The maximum atomic E-state index is 12.0. The van der Waals surface area contributed by atoms with E-state index in [0.29, 0.717) is 6.61 Å². The molecule has 0 bridgehead atoms. The Hall–Kier alpha value is -1.99. The fourth-order valence-corrected chi connectivity index (χ4v) is 6.12. The molecule has 4 rings (SSSR count). The highest BCUT2D eigenvalue weighted by Crippen LogP contribution is 2.34. The van der Waals surface area contributed by atoms with E-state index < -0.39 is 9.84 Å². The second-order valence-electron chi connectivity index (χ2n) is 6.34. The van der Waals surface area contributed by atoms with Crippen LogP contribution in [0.5, 0.6) is 5.75 Å². The summed E-state index contributed by atoms with van der Waals surface area (Å²) in [5.41, 5.74) is 0.993. The predicted molar refractivity (Wildman–Crippen MR) is 107 cm³/mol. The number of hydrogen-bond donors (Lipinski definition) is 0. The fraction of sp³-hybridized carbons (Fsp3) is 0.316. The van der Waals surface area contributed by atoms with E-state index in [0.717, 1.165) is 22.4 Å². The van der Waals surface area contributed by atoms with Crippen LogP contribution in [0.2, 0.25) is 0 Å².